The zero-order valence-electron chi connectivity index (χ0n) is 19.0. The molecule has 2 aromatic carbocycles. The highest BCUT2D eigenvalue weighted by atomic mass is 32.2. The van der Waals surface area contributed by atoms with Crippen LogP contribution in [0.3, 0.4) is 0 Å². The number of likely N-dealkylation sites (N-methyl/N-ethyl adjacent to an activating group) is 1. The summed E-state index contributed by atoms with van der Waals surface area (Å²) in [6.45, 7) is 3.81. The zero-order valence-corrected chi connectivity index (χ0v) is 20.6. The van der Waals surface area contributed by atoms with Crippen molar-refractivity contribution in [2.75, 3.05) is 24.7 Å². The Balaban J connectivity index is 1.43. The Bertz CT molecular complexity index is 1330. The number of benzene rings is 2. The van der Waals surface area contributed by atoms with Crippen molar-refractivity contribution in [3.63, 3.8) is 0 Å². The van der Waals surface area contributed by atoms with Gasteiger partial charge in [0.1, 0.15) is 22.0 Å². The molecule has 4 aromatic rings. The number of nitrogens with one attached hydrogen (secondary N) is 1. The van der Waals surface area contributed by atoms with Crippen LogP contribution >= 0.6 is 23.1 Å². The minimum atomic E-state index is -0.301. The first-order valence-electron chi connectivity index (χ1n) is 10.5. The quantitative estimate of drug-likeness (QED) is 0.279. The van der Waals surface area contributed by atoms with Gasteiger partial charge in [0, 0.05) is 23.7 Å². The molecule has 4 rings (SSSR count). The van der Waals surface area contributed by atoms with E-state index < -0.39 is 0 Å². The first-order valence-corrected chi connectivity index (χ1v) is 12.4. The van der Waals surface area contributed by atoms with Crippen LogP contribution in [-0.4, -0.2) is 46.0 Å². The van der Waals surface area contributed by atoms with Crippen molar-refractivity contribution < 1.29 is 14.0 Å². The highest BCUT2D eigenvalue weighted by Crippen LogP contribution is 2.37. The number of halogens is 1. The third-order valence-corrected chi connectivity index (χ3v) is 7.24. The molecule has 0 saturated heterocycles. The largest absolute Gasteiger partial charge is 0.336 e. The fraction of sp³-hybridized carbons (Fsp3) is 0.200. The van der Waals surface area contributed by atoms with Gasteiger partial charge in [-0.1, -0.05) is 42.1 Å². The van der Waals surface area contributed by atoms with Crippen LogP contribution in [0.1, 0.15) is 11.1 Å². The summed E-state index contributed by atoms with van der Waals surface area (Å²) in [4.78, 5) is 36.2. The van der Waals surface area contributed by atoms with Crippen molar-refractivity contribution in [1.29, 1.82) is 0 Å². The lowest BCUT2D eigenvalue weighted by Crippen LogP contribution is -2.36. The van der Waals surface area contributed by atoms with E-state index in [9.17, 15) is 14.0 Å². The molecule has 0 unspecified atom stereocenters. The first kappa shape index (κ1) is 23.8. The van der Waals surface area contributed by atoms with E-state index in [1.54, 1.807) is 19.2 Å². The fourth-order valence-electron chi connectivity index (χ4n) is 3.53. The highest BCUT2D eigenvalue weighted by Gasteiger charge is 2.18. The second kappa shape index (κ2) is 10.3. The summed E-state index contributed by atoms with van der Waals surface area (Å²) in [5.41, 5.74) is 4.47. The van der Waals surface area contributed by atoms with Gasteiger partial charge in [0.05, 0.1) is 17.7 Å². The molecular formula is C25H23FN4O2S2. The number of thioether (sulfide) groups is 1. The van der Waals surface area contributed by atoms with Crippen LogP contribution < -0.4 is 5.32 Å². The molecule has 0 aliphatic heterocycles. The number of para-hydroxylation sites is 1. The Labute approximate surface area is 205 Å². The van der Waals surface area contributed by atoms with E-state index in [0.717, 1.165) is 38.2 Å². The van der Waals surface area contributed by atoms with Crippen LogP contribution in [0.2, 0.25) is 0 Å². The second-order valence-corrected chi connectivity index (χ2v) is 9.69. The predicted molar refractivity (Wildman–Crippen MR) is 136 cm³/mol. The lowest BCUT2D eigenvalue weighted by Gasteiger charge is -2.18. The van der Waals surface area contributed by atoms with Crippen molar-refractivity contribution in [2.24, 2.45) is 0 Å². The molecule has 2 amide bonds. The predicted octanol–water partition coefficient (Wildman–Crippen LogP) is 5.30. The first-order chi connectivity index (χ1) is 16.3. The number of rotatable bonds is 7. The third kappa shape index (κ3) is 5.26. The Morgan fingerprint density at radius 3 is 2.50 bits per heavy atom. The SMILES string of the molecule is Cc1cccc(C)c1NC(=O)CN(C)C(=O)CSc1ncnc2scc(-c3ccc(F)cc3)c12. The number of aromatic nitrogens is 2. The normalized spacial score (nSPS) is 10.9. The van der Waals surface area contributed by atoms with Gasteiger partial charge in [-0.05, 0) is 42.7 Å². The van der Waals surface area contributed by atoms with Gasteiger partial charge in [-0.15, -0.1) is 11.3 Å². The molecule has 0 saturated carbocycles. The van der Waals surface area contributed by atoms with Gasteiger partial charge in [0.2, 0.25) is 11.8 Å². The summed E-state index contributed by atoms with van der Waals surface area (Å²) in [5, 5.41) is 6.38. The standard InChI is InChI=1S/C25H23FN4O2S2/c1-15-5-4-6-16(2)23(15)29-20(31)11-30(3)21(32)13-34-25-22-19(12-33-24(22)27-14-28-25)17-7-9-18(26)10-8-17/h4-10,12,14H,11,13H2,1-3H3,(H,29,31). The number of hydrogen-bond acceptors (Lipinski definition) is 6. The lowest BCUT2D eigenvalue weighted by atomic mass is 10.1. The number of carbonyl (C=O) groups excluding carboxylic acids is 2. The van der Waals surface area contributed by atoms with Crippen molar-refractivity contribution in [3.05, 3.63) is 71.1 Å². The van der Waals surface area contributed by atoms with E-state index in [1.807, 2.05) is 37.4 Å². The van der Waals surface area contributed by atoms with Crippen LogP contribution in [0.5, 0.6) is 0 Å². The molecule has 2 aromatic heterocycles. The minimum absolute atomic E-state index is 0.0500. The van der Waals surface area contributed by atoms with E-state index in [2.05, 4.69) is 15.3 Å². The highest BCUT2D eigenvalue weighted by molar-refractivity contribution is 8.00. The summed E-state index contributed by atoms with van der Waals surface area (Å²) in [5.74, 6) is -0.617. The van der Waals surface area contributed by atoms with Gasteiger partial charge in [0.15, 0.2) is 0 Å². The van der Waals surface area contributed by atoms with Gasteiger partial charge >= 0.3 is 0 Å². The molecular weight excluding hydrogens is 471 g/mol. The van der Waals surface area contributed by atoms with E-state index in [-0.39, 0.29) is 29.9 Å². The van der Waals surface area contributed by atoms with Crippen LogP contribution in [0.25, 0.3) is 21.3 Å². The molecule has 6 nitrogen and oxygen atoms in total. The average Bonchev–Trinajstić information content (AvgIpc) is 3.25. The number of anilines is 1. The van der Waals surface area contributed by atoms with Gasteiger partial charge in [-0.3, -0.25) is 9.59 Å². The summed E-state index contributed by atoms with van der Waals surface area (Å²) >= 11 is 2.77. The number of nitrogens with zero attached hydrogens (tertiary/aromatic N) is 3. The smallest absolute Gasteiger partial charge is 0.243 e. The van der Waals surface area contributed by atoms with Crippen molar-refractivity contribution in [1.82, 2.24) is 14.9 Å². The van der Waals surface area contributed by atoms with E-state index in [0.29, 0.717) is 5.03 Å². The Kier molecular flexibility index (Phi) is 7.23. The molecule has 0 fully saturated rings. The summed E-state index contributed by atoms with van der Waals surface area (Å²) < 4.78 is 13.4. The van der Waals surface area contributed by atoms with Crippen LogP contribution in [0, 0.1) is 19.7 Å². The number of amides is 2. The molecule has 0 aliphatic carbocycles. The Morgan fingerprint density at radius 1 is 1.09 bits per heavy atom. The molecule has 1 N–H and O–H groups in total. The van der Waals surface area contributed by atoms with Crippen molar-refractivity contribution in [3.8, 4) is 11.1 Å². The minimum Gasteiger partial charge on any atom is -0.336 e. The second-order valence-electron chi connectivity index (χ2n) is 7.87. The average molecular weight is 495 g/mol. The van der Waals surface area contributed by atoms with Gasteiger partial charge in [-0.25, -0.2) is 14.4 Å². The molecule has 0 atom stereocenters. The van der Waals surface area contributed by atoms with Gasteiger partial charge < -0.3 is 10.2 Å². The maximum absolute atomic E-state index is 13.4. The van der Waals surface area contributed by atoms with E-state index >= 15 is 0 Å². The number of fused-ring (bicyclic) bond motifs is 1. The molecule has 0 spiro atoms. The number of aryl methyl sites for hydroxylation is 2. The van der Waals surface area contributed by atoms with Crippen LogP contribution in [0.4, 0.5) is 10.1 Å². The lowest BCUT2D eigenvalue weighted by molar-refractivity contribution is -0.131. The Morgan fingerprint density at radius 2 is 1.79 bits per heavy atom. The summed E-state index contributed by atoms with van der Waals surface area (Å²) in [7, 11) is 1.61. The van der Waals surface area contributed by atoms with Crippen molar-refractivity contribution >= 4 is 50.8 Å². The third-order valence-electron chi connectivity index (χ3n) is 5.38. The number of carbonyl (C=O) groups is 2. The molecule has 9 heteroatoms. The van der Waals surface area contributed by atoms with Gasteiger partial charge in [0.25, 0.3) is 0 Å². The zero-order chi connectivity index (χ0) is 24.2. The molecule has 0 aliphatic rings. The summed E-state index contributed by atoms with van der Waals surface area (Å²) in [6.07, 6.45) is 1.47. The molecule has 174 valence electrons. The summed E-state index contributed by atoms with van der Waals surface area (Å²) in [6, 6.07) is 12.1. The molecule has 34 heavy (non-hydrogen) atoms. The van der Waals surface area contributed by atoms with E-state index in [1.165, 1.54) is 46.5 Å². The monoisotopic (exact) mass is 494 g/mol. The number of thiophene rings is 1. The van der Waals surface area contributed by atoms with Crippen LogP contribution in [-0.2, 0) is 9.59 Å². The maximum atomic E-state index is 13.4. The topological polar surface area (TPSA) is 75.2 Å². The van der Waals surface area contributed by atoms with E-state index in [4.69, 9.17) is 0 Å². The van der Waals surface area contributed by atoms with Crippen LogP contribution in [0.15, 0.2) is 59.2 Å². The fourth-order valence-corrected chi connectivity index (χ4v) is 5.47. The molecule has 0 bridgehead atoms. The Hall–Kier alpha value is -3.30. The molecule has 2 heterocycles. The molecule has 0 radical (unpaired) electrons. The maximum Gasteiger partial charge on any atom is 0.243 e. The van der Waals surface area contributed by atoms with Gasteiger partial charge in [-0.2, -0.15) is 0 Å². The van der Waals surface area contributed by atoms with Crippen molar-refractivity contribution in [2.45, 2.75) is 18.9 Å². The number of hydrogen-bond donors (Lipinski definition) is 1.